The van der Waals surface area contributed by atoms with E-state index in [-0.39, 0.29) is 6.04 Å². The molecule has 0 saturated heterocycles. The standard InChI is InChI=1S/C19H17BrN4S/c20-15-5-1-6-16(12-15)22-19(25)24-11-10-23-9-3-7-17(23)18(24)14-4-2-8-21-13-14/h1-9,12-13,18H,10-11H2,(H,22,25)/t18-/m1/s1. The molecule has 4 nitrogen and oxygen atoms in total. The molecule has 0 saturated carbocycles. The Labute approximate surface area is 160 Å². The molecule has 0 unspecified atom stereocenters. The zero-order chi connectivity index (χ0) is 17.2. The molecule has 3 aromatic rings. The maximum Gasteiger partial charge on any atom is 0.174 e. The first-order valence-electron chi connectivity index (χ1n) is 8.10. The number of nitrogens with one attached hydrogen (secondary N) is 1. The summed E-state index contributed by atoms with van der Waals surface area (Å²) in [5.74, 6) is 0. The fraction of sp³-hybridized carbons (Fsp3) is 0.158. The summed E-state index contributed by atoms with van der Waals surface area (Å²) in [5.41, 5.74) is 3.35. The SMILES string of the molecule is S=C(Nc1cccc(Br)c1)N1CCn2cccc2[C@H]1c1cccnc1. The van der Waals surface area contributed by atoms with Gasteiger partial charge in [0.05, 0.1) is 6.04 Å². The minimum absolute atomic E-state index is 0.0598. The Kier molecular flexibility index (Phi) is 4.55. The zero-order valence-corrected chi connectivity index (χ0v) is 15.9. The van der Waals surface area contributed by atoms with Gasteiger partial charge in [0.25, 0.3) is 0 Å². The fourth-order valence-corrected chi connectivity index (χ4v) is 3.97. The Bertz CT molecular complexity index is 893. The van der Waals surface area contributed by atoms with Gasteiger partial charge in [-0.05, 0) is 54.2 Å². The molecule has 1 atom stereocenters. The third-order valence-electron chi connectivity index (χ3n) is 4.38. The second-order valence-corrected chi connectivity index (χ2v) is 7.25. The third-order valence-corrected chi connectivity index (χ3v) is 5.20. The van der Waals surface area contributed by atoms with Crippen molar-refractivity contribution in [1.82, 2.24) is 14.5 Å². The van der Waals surface area contributed by atoms with Crippen molar-refractivity contribution in [3.8, 4) is 0 Å². The number of benzene rings is 1. The molecular weight excluding hydrogens is 396 g/mol. The van der Waals surface area contributed by atoms with Crippen LogP contribution < -0.4 is 5.32 Å². The first-order valence-corrected chi connectivity index (χ1v) is 9.30. The van der Waals surface area contributed by atoms with Crippen LogP contribution in [0.4, 0.5) is 5.69 Å². The van der Waals surface area contributed by atoms with E-state index in [4.69, 9.17) is 12.2 Å². The van der Waals surface area contributed by atoms with E-state index in [1.807, 2.05) is 36.5 Å². The number of fused-ring (bicyclic) bond motifs is 1. The minimum atomic E-state index is 0.0598. The second kappa shape index (κ2) is 6.98. The Morgan fingerprint density at radius 1 is 1.16 bits per heavy atom. The van der Waals surface area contributed by atoms with Crippen LogP contribution in [0.3, 0.4) is 0 Å². The minimum Gasteiger partial charge on any atom is -0.348 e. The normalized spacial score (nSPS) is 16.4. The van der Waals surface area contributed by atoms with Crippen LogP contribution in [-0.4, -0.2) is 26.1 Å². The van der Waals surface area contributed by atoms with E-state index in [1.165, 1.54) is 5.69 Å². The highest BCUT2D eigenvalue weighted by atomic mass is 79.9. The van der Waals surface area contributed by atoms with Crippen molar-refractivity contribution in [2.75, 3.05) is 11.9 Å². The molecule has 0 radical (unpaired) electrons. The lowest BCUT2D eigenvalue weighted by Gasteiger charge is -2.38. The highest BCUT2D eigenvalue weighted by Crippen LogP contribution is 2.32. The van der Waals surface area contributed by atoms with Gasteiger partial charge in [-0.3, -0.25) is 4.98 Å². The smallest absolute Gasteiger partial charge is 0.174 e. The summed E-state index contributed by atoms with van der Waals surface area (Å²) in [4.78, 5) is 6.54. The first kappa shape index (κ1) is 16.3. The lowest BCUT2D eigenvalue weighted by molar-refractivity contribution is 0.293. The summed E-state index contributed by atoms with van der Waals surface area (Å²) in [5, 5.41) is 4.09. The highest BCUT2D eigenvalue weighted by molar-refractivity contribution is 9.10. The number of aromatic nitrogens is 2. The molecule has 0 amide bonds. The van der Waals surface area contributed by atoms with Crippen molar-refractivity contribution >= 4 is 38.9 Å². The molecule has 2 aromatic heterocycles. The van der Waals surface area contributed by atoms with Crippen LogP contribution in [0.5, 0.6) is 0 Å². The Morgan fingerprint density at radius 3 is 2.88 bits per heavy atom. The van der Waals surface area contributed by atoms with Gasteiger partial charge in [0.15, 0.2) is 5.11 Å². The number of hydrogen-bond acceptors (Lipinski definition) is 2. The van der Waals surface area contributed by atoms with Crippen molar-refractivity contribution in [2.24, 2.45) is 0 Å². The van der Waals surface area contributed by atoms with Crippen LogP contribution in [0.25, 0.3) is 0 Å². The summed E-state index contributed by atoms with van der Waals surface area (Å²) in [6.07, 6.45) is 5.84. The van der Waals surface area contributed by atoms with Crippen molar-refractivity contribution < 1.29 is 0 Å². The number of thiocarbonyl (C=S) groups is 1. The number of nitrogens with zero attached hydrogens (tertiary/aromatic N) is 3. The van der Waals surface area contributed by atoms with Gasteiger partial charge < -0.3 is 14.8 Å². The lowest BCUT2D eigenvalue weighted by Crippen LogP contribution is -2.44. The van der Waals surface area contributed by atoms with Crippen molar-refractivity contribution in [1.29, 1.82) is 0 Å². The van der Waals surface area contributed by atoms with E-state index < -0.39 is 0 Å². The summed E-state index contributed by atoms with van der Waals surface area (Å²) < 4.78 is 3.31. The number of hydrogen-bond donors (Lipinski definition) is 1. The van der Waals surface area contributed by atoms with E-state index in [0.717, 1.165) is 33.9 Å². The molecule has 1 aliphatic heterocycles. The van der Waals surface area contributed by atoms with Gasteiger partial charge in [0.2, 0.25) is 0 Å². The van der Waals surface area contributed by atoms with Crippen molar-refractivity contribution in [3.05, 3.63) is 82.9 Å². The molecule has 3 heterocycles. The van der Waals surface area contributed by atoms with E-state index in [0.29, 0.717) is 0 Å². The van der Waals surface area contributed by atoms with Crippen molar-refractivity contribution in [3.63, 3.8) is 0 Å². The average Bonchev–Trinajstić information content (AvgIpc) is 3.10. The van der Waals surface area contributed by atoms with Crippen LogP contribution in [-0.2, 0) is 6.54 Å². The fourth-order valence-electron chi connectivity index (χ4n) is 3.25. The molecule has 126 valence electrons. The van der Waals surface area contributed by atoms with Gasteiger partial charge in [-0.15, -0.1) is 0 Å². The largest absolute Gasteiger partial charge is 0.348 e. The van der Waals surface area contributed by atoms with E-state index in [9.17, 15) is 0 Å². The topological polar surface area (TPSA) is 33.1 Å². The van der Waals surface area contributed by atoms with Gasteiger partial charge in [0, 0.05) is 47.5 Å². The molecular formula is C19H17BrN4S. The summed E-state index contributed by atoms with van der Waals surface area (Å²) in [7, 11) is 0. The van der Waals surface area contributed by atoms with E-state index >= 15 is 0 Å². The summed E-state index contributed by atoms with van der Waals surface area (Å²) in [6, 6.07) is 16.4. The van der Waals surface area contributed by atoms with Gasteiger partial charge >= 0.3 is 0 Å². The molecule has 1 N–H and O–H groups in total. The van der Waals surface area contributed by atoms with Gasteiger partial charge in [0.1, 0.15) is 0 Å². The summed E-state index contributed by atoms with van der Waals surface area (Å²) in [6.45, 7) is 1.76. The maximum absolute atomic E-state index is 5.75. The predicted molar refractivity (Wildman–Crippen MR) is 108 cm³/mol. The van der Waals surface area contributed by atoms with Gasteiger partial charge in [-0.25, -0.2) is 0 Å². The van der Waals surface area contributed by atoms with Crippen LogP contribution in [0.15, 0.2) is 71.6 Å². The quantitative estimate of drug-likeness (QED) is 0.630. The molecule has 0 spiro atoms. The molecule has 0 fully saturated rings. The first-order chi connectivity index (χ1) is 12.2. The van der Waals surface area contributed by atoms with Crippen LogP contribution >= 0.6 is 28.1 Å². The predicted octanol–water partition coefficient (Wildman–Crippen LogP) is 4.45. The lowest BCUT2D eigenvalue weighted by atomic mass is 10.0. The van der Waals surface area contributed by atoms with E-state index in [2.05, 4.69) is 60.1 Å². The molecule has 0 bridgehead atoms. The van der Waals surface area contributed by atoms with Gasteiger partial charge in [-0.2, -0.15) is 0 Å². The molecule has 4 rings (SSSR count). The third kappa shape index (κ3) is 3.32. The molecule has 1 aliphatic rings. The monoisotopic (exact) mass is 412 g/mol. The number of anilines is 1. The Balaban J connectivity index is 1.66. The van der Waals surface area contributed by atoms with Crippen molar-refractivity contribution in [2.45, 2.75) is 12.6 Å². The molecule has 0 aliphatic carbocycles. The number of pyridine rings is 1. The molecule has 1 aromatic carbocycles. The highest BCUT2D eigenvalue weighted by Gasteiger charge is 2.30. The number of rotatable bonds is 2. The Morgan fingerprint density at radius 2 is 2.08 bits per heavy atom. The maximum atomic E-state index is 5.75. The number of halogens is 1. The van der Waals surface area contributed by atoms with Crippen LogP contribution in [0, 0.1) is 0 Å². The van der Waals surface area contributed by atoms with E-state index in [1.54, 1.807) is 6.20 Å². The average molecular weight is 413 g/mol. The molecule has 25 heavy (non-hydrogen) atoms. The van der Waals surface area contributed by atoms with Crippen LogP contribution in [0.1, 0.15) is 17.3 Å². The van der Waals surface area contributed by atoms with Gasteiger partial charge in [-0.1, -0.05) is 28.1 Å². The summed E-state index contributed by atoms with van der Waals surface area (Å²) >= 11 is 9.25. The molecule has 6 heteroatoms. The Hall–Kier alpha value is -2.18. The zero-order valence-electron chi connectivity index (χ0n) is 13.5. The van der Waals surface area contributed by atoms with Crippen LogP contribution in [0.2, 0.25) is 0 Å². The second-order valence-electron chi connectivity index (χ2n) is 5.95.